The Morgan fingerprint density at radius 1 is 0.886 bits per heavy atom. The summed E-state index contributed by atoms with van der Waals surface area (Å²) < 4.78 is 18.2. The van der Waals surface area contributed by atoms with Crippen LogP contribution in [0.15, 0.2) is 48.5 Å². The second-order valence-corrected chi connectivity index (χ2v) is 9.35. The van der Waals surface area contributed by atoms with E-state index in [0.29, 0.717) is 24.6 Å². The van der Waals surface area contributed by atoms with Gasteiger partial charge in [0.25, 0.3) is 5.91 Å². The number of benzene rings is 2. The lowest BCUT2D eigenvalue weighted by molar-refractivity contribution is 0.0751. The van der Waals surface area contributed by atoms with Gasteiger partial charge in [0.1, 0.15) is 16.3 Å². The lowest BCUT2D eigenvalue weighted by Gasteiger charge is -2.36. The molecule has 4 aromatic rings. The lowest BCUT2D eigenvalue weighted by atomic mass is 10.1. The van der Waals surface area contributed by atoms with E-state index in [1.165, 1.54) is 11.3 Å². The summed E-state index contributed by atoms with van der Waals surface area (Å²) in [6.07, 6.45) is 0. The van der Waals surface area contributed by atoms with E-state index in [4.69, 9.17) is 19.3 Å². The Morgan fingerprint density at radius 2 is 1.60 bits per heavy atom. The summed E-state index contributed by atoms with van der Waals surface area (Å²) >= 11 is 1.48. The quantitative estimate of drug-likeness (QED) is 0.400. The van der Waals surface area contributed by atoms with E-state index in [-0.39, 0.29) is 5.91 Å². The van der Waals surface area contributed by atoms with Crippen molar-refractivity contribution in [2.75, 3.05) is 52.4 Å². The SMILES string of the molecule is COc1ccc(-c2nn(C)c3sc(C(=O)N4CCN(c5ccccc5OC)CC4)cc23)cc1OC. The fraction of sp³-hybridized carbons (Fsp3) is 0.308. The van der Waals surface area contributed by atoms with Crippen LogP contribution in [0.2, 0.25) is 0 Å². The van der Waals surface area contributed by atoms with Gasteiger partial charge in [0.2, 0.25) is 0 Å². The Balaban J connectivity index is 1.37. The summed E-state index contributed by atoms with van der Waals surface area (Å²) in [6.45, 7) is 2.84. The Kier molecular flexibility index (Phi) is 6.25. The molecule has 0 aliphatic carbocycles. The van der Waals surface area contributed by atoms with Gasteiger partial charge in [-0.1, -0.05) is 12.1 Å². The number of carbonyl (C=O) groups excluding carboxylic acids is 1. The van der Waals surface area contributed by atoms with E-state index in [1.54, 1.807) is 21.3 Å². The zero-order valence-corrected chi connectivity index (χ0v) is 21.1. The molecule has 0 unspecified atom stereocenters. The van der Waals surface area contributed by atoms with Crippen molar-refractivity contribution in [3.8, 4) is 28.5 Å². The fourth-order valence-electron chi connectivity index (χ4n) is 4.54. The number of hydrogen-bond donors (Lipinski definition) is 0. The van der Waals surface area contributed by atoms with Crippen LogP contribution < -0.4 is 19.1 Å². The van der Waals surface area contributed by atoms with Gasteiger partial charge >= 0.3 is 0 Å². The van der Waals surface area contributed by atoms with Gasteiger partial charge in [0.05, 0.1) is 31.9 Å². The van der Waals surface area contributed by atoms with Crippen LogP contribution >= 0.6 is 11.3 Å². The maximum absolute atomic E-state index is 13.4. The maximum atomic E-state index is 13.4. The van der Waals surface area contributed by atoms with E-state index in [9.17, 15) is 4.79 Å². The second-order valence-electron chi connectivity index (χ2n) is 8.32. The first-order chi connectivity index (χ1) is 17.0. The minimum Gasteiger partial charge on any atom is -0.495 e. The molecule has 1 fully saturated rings. The Hall–Kier alpha value is -3.72. The molecule has 0 saturated carbocycles. The van der Waals surface area contributed by atoms with E-state index < -0.39 is 0 Å². The molecule has 0 N–H and O–H groups in total. The summed E-state index contributed by atoms with van der Waals surface area (Å²) in [5, 5.41) is 5.67. The molecule has 0 bridgehead atoms. The van der Waals surface area contributed by atoms with Gasteiger partial charge in [-0.05, 0) is 36.4 Å². The summed E-state index contributed by atoms with van der Waals surface area (Å²) in [4.78, 5) is 19.3. The van der Waals surface area contributed by atoms with Crippen LogP contribution in [0.25, 0.3) is 21.5 Å². The monoisotopic (exact) mass is 492 g/mol. The first-order valence-electron chi connectivity index (χ1n) is 11.4. The van der Waals surface area contributed by atoms with Crippen molar-refractivity contribution in [3.63, 3.8) is 0 Å². The number of aryl methyl sites for hydroxylation is 1. The van der Waals surface area contributed by atoms with Crippen molar-refractivity contribution < 1.29 is 19.0 Å². The molecule has 35 heavy (non-hydrogen) atoms. The standard InChI is InChI=1S/C26H28N4O4S/c1-28-26-18(24(27-28)17-9-10-21(33-3)22(15-17)34-4)16-23(35-26)25(31)30-13-11-29(12-14-30)19-7-5-6-8-20(19)32-2/h5-10,15-16H,11-14H2,1-4H3. The average molecular weight is 493 g/mol. The van der Waals surface area contributed by atoms with Crippen LogP contribution in [0, 0.1) is 0 Å². The molecule has 2 aromatic heterocycles. The molecule has 2 aromatic carbocycles. The molecule has 1 saturated heterocycles. The van der Waals surface area contributed by atoms with Crippen LogP contribution in [0.3, 0.4) is 0 Å². The van der Waals surface area contributed by atoms with Gasteiger partial charge in [0, 0.05) is 44.2 Å². The molecule has 5 rings (SSSR count). The highest BCUT2D eigenvalue weighted by molar-refractivity contribution is 7.20. The highest BCUT2D eigenvalue weighted by Crippen LogP contribution is 2.38. The molecule has 1 amide bonds. The third-order valence-electron chi connectivity index (χ3n) is 6.37. The molecule has 8 nitrogen and oxygen atoms in total. The number of nitrogens with zero attached hydrogens (tertiary/aromatic N) is 4. The van der Waals surface area contributed by atoms with Gasteiger partial charge in [-0.25, -0.2) is 0 Å². The molecule has 0 radical (unpaired) electrons. The maximum Gasteiger partial charge on any atom is 0.264 e. The Morgan fingerprint density at radius 3 is 2.31 bits per heavy atom. The van der Waals surface area contributed by atoms with Crippen molar-refractivity contribution in [2.24, 2.45) is 7.05 Å². The number of amides is 1. The fourth-order valence-corrected chi connectivity index (χ4v) is 5.58. The van der Waals surface area contributed by atoms with E-state index in [1.807, 2.05) is 59.1 Å². The van der Waals surface area contributed by atoms with Crippen molar-refractivity contribution in [1.82, 2.24) is 14.7 Å². The largest absolute Gasteiger partial charge is 0.495 e. The van der Waals surface area contributed by atoms with Crippen molar-refractivity contribution in [2.45, 2.75) is 0 Å². The number of aromatic nitrogens is 2. The molecular formula is C26H28N4O4S. The topological polar surface area (TPSA) is 69.1 Å². The first-order valence-corrected chi connectivity index (χ1v) is 12.2. The normalized spacial score (nSPS) is 13.8. The van der Waals surface area contributed by atoms with Crippen LogP contribution in [0.5, 0.6) is 17.2 Å². The highest BCUT2D eigenvalue weighted by atomic mass is 32.1. The van der Waals surface area contributed by atoms with Crippen molar-refractivity contribution >= 4 is 33.1 Å². The van der Waals surface area contributed by atoms with Crippen molar-refractivity contribution in [1.29, 1.82) is 0 Å². The zero-order chi connectivity index (χ0) is 24.5. The van der Waals surface area contributed by atoms with Crippen LogP contribution in [0.1, 0.15) is 9.67 Å². The predicted octanol–water partition coefficient (Wildman–Crippen LogP) is 4.29. The molecule has 0 atom stereocenters. The third-order valence-corrected chi connectivity index (χ3v) is 7.56. The van der Waals surface area contributed by atoms with E-state index in [2.05, 4.69) is 11.0 Å². The number of carbonyl (C=O) groups is 1. The highest BCUT2D eigenvalue weighted by Gasteiger charge is 2.26. The number of piperazine rings is 1. The summed E-state index contributed by atoms with van der Waals surface area (Å²) in [5.41, 5.74) is 2.80. The number of methoxy groups -OCH3 is 3. The minimum atomic E-state index is 0.0594. The minimum absolute atomic E-state index is 0.0594. The van der Waals surface area contributed by atoms with Crippen LogP contribution in [0.4, 0.5) is 5.69 Å². The Bertz CT molecular complexity index is 1370. The number of thiophene rings is 1. The summed E-state index contributed by atoms with van der Waals surface area (Å²) in [5.74, 6) is 2.22. The van der Waals surface area contributed by atoms with Gasteiger partial charge in [-0.15, -0.1) is 11.3 Å². The van der Waals surface area contributed by atoms with E-state index >= 15 is 0 Å². The number of rotatable bonds is 6. The molecular weight excluding hydrogens is 464 g/mol. The molecule has 9 heteroatoms. The number of fused-ring (bicyclic) bond motifs is 1. The molecule has 182 valence electrons. The number of ether oxygens (including phenoxy) is 3. The molecule has 1 aliphatic heterocycles. The molecule has 3 heterocycles. The zero-order valence-electron chi connectivity index (χ0n) is 20.3. The number of para-hydroxylation sites is 2. The number of anilines is 1. The summed E-state index contributed by atoms with van der Waals surface area (Å²) in [7, 11) is 6.82. The van der Waals surface area contributed by atoms with Gasteiger partial charge in [-0.3, -0.25) is 9.48 Å². The lowest BCUT2D eigenvalue weighted by Crippen LogP contribution is -2.48. The Labute approximate surface area is 208 Å². The molecule has 0 spiro atoms. The number of hydrogen-bond acceptors (Lipinski definition) is 7. The van der Waals surface area contributed by atoms with Crippen LogP contribution in [-0.2, 0) is 7.05 Å². The van der Waals surface area contributed by atoms with E-state index in [0.717, 1.165) is 50.9 Å². The van der Waals surface area contributed by atoms with Gasteiger partial charge < -0.3 is 24.0 Å². The second kappa shape index (κ2) is 9.50. The predicted molar refractivity (Wildman–Crippen MR) is 138 cm³/mol. The smallest absolute Gasteiger partial charge is 0.264 e. The van der Waals surface area contributed by atoms with Gasteiger partial charge in [0.15, 0.2) is 11.5 Å². The molecule has 1 aliphatic rings. The van der Waals surface area contributed by atoms with Crippen molar-refractivity contribution in [3.05, 3.63) is 53.4 Å². The summed E-state index contributed by atoms with van der Waals surface area (Å²) in [6, 6.07) is 15.7. The third kappa shape index (κ3) is 4.16. The van der Waals surface area contributed by atoms with Gasteiger partial charge in [-0.2, -0.15) is 5.10 Å². The first kappa shape index (κ1) is 23.0. The van der Waals surface area contributed by atoms with Crippen LogP contribution in [-0.4, -0.2) is 68.1 Å². The average Bonchev–Trinajstić information content (AvgIpc) is 3.48.